The number of aromatic nitrogens is 1. The number of pyridine rings is 1. The average Bonchev–Trinajstić information content (AvgIpc) is 2.74. The molecule has 0 bridgehead atoms. The number of halogens is 1. The van der Waals surface area contributed by atoms with E-state index < -0.39 is 12.1 Å². The second-order valence-electron chi connectivity index (χ2n) is 4.16. The molecule has 5 heteroatoms. The fourth-order valence-electron chi connectivity index (χ4n) is 2.17. The Labute approximate surface area is 99.1 Å². The van der Waals surface area contributed by atoms with Crippen LogP contribution in [0.25, 0.3) is 0 Å². The number of aromatic carboxylic acids is 1. The Morgan fingerprint density at radius 3 is 3.00 bits per heavy atom. The first-order chi connectivity index (χ1) is 8.13. The zero-order chi connectivity index (χ0) is 12.4. The van der Waals surface area contributed by atoms with Gasteiger partial charge in [0.1, 0.15) is 17.6 Å². The Balaban J connectivity index is 2.42. The number of carboxylic acid groups (broad SMARTS) is 1. The van der Waals surface area contributed by atoms with Gasteiger partial charge < -0.3 is 10.0 Å². The Morgan fingerprint density at radius 1 is 1.71 bits per heavy atom. The third-order valence-electron chi connectivity index (χ3n) is 3.04. The highest BCUT2D eigenvalue weighted by molar-refractivity contribution is 5.95. The highest BCUT2D eigenvalue weighted by atomic mass is 19.1. The van der Waals surface area contributed by atoms with Crippen LogP contribution in [0.4, 0.5) is 10.2 Å². The van der Waals surface area contributed by atoms with Gasteiger partial charge in [-0.3, -0.25) is 0 Å². The maximum Gasteiger partial charge on any atom is 0.339 e. The van der Waals surface area contributed by atoms with E-state index in [1.165, 1.54) is 0 Å². The number of aryl methyl sites for hydroxylation is 1. The van der Waals surface area contributed by atoms with Gasteiger partial charge in [-0.1, -0.05) is 6.92 Å². The number of carbonyl (C=O) groups is 1. The molecule has 0 radical (unpaired) electrons. The quantitative estimate of drug-likeness (QED) is 0.873. The van der Waals surface area contributed by atoms with Gasteiger partial charge in [0.25, 0.3) is 0 Å². The van der Waals surface area contributed by atoms with E-state index in [1.54, 1.807) is 17.2 Å². The maximum absolute atomic E-state index is 13.2. The van der Waals surface area contributed by atoms with Crippen molar-refractivity contribution in [2.24, 2.45) is 0 Å². The topological polar surface area (TPSA) is 53.4 Å². The maximum atomic E-state index is 13.2. The normalized spacial score (nSPS) is 19.6. The molecular formula is C12H15FN2O2. The summed E-state index contributed by atoms with van der Waals surface area (Å²) in [5.74, 6) is -0.593. The lowest BCUT2D eigenvalue weighted by molar-refractivity contribution is 0.0696. The zero-order valence-electron chi connectivity index (χ0n) is 9.69. The van der Waals surface area contributed by atoms with Crippen LogP contribution in [0.15, 0.2) is 12.3 Å². The molecule has 0 aliphatic carbocycles. The molecule has 0 amide bonds. The average molecular weight is 238 g/mol. The first kappa shape index (κ1) is 11.8. The van der Waals surface area contributed by atoms with E-state index in [0.717, 1.165) is 5.56 Å². The summed E-state index contributed by atoms with van der Waals surface area (Å²) in [6.45, 7) is 2.66. The summed E-state index contributed by atoms with van der Waals surface area (Å²) < 4.78 is 13.2. The van der Waals surface area contributed by atoms with Crippen molar-refractivity contribution >= 4 is 11.8 Å². The Kier molecular flexibility index (Phi) is 3.26. The SMILES string of the molecule is CCc1ccnc(N2CC[C@@H](F)C2)c1C(=O)O. The van der Waals surface area contributed by atoms with Crippen molar-refractivity contribution in [1.82, 2.24) is 4.98 Å². The molecule has 1 atom stereocenters. The second-order valence-corrected chi connectivity index (χ2v) is 4.16. The molecule has 0 spiro atoms. The van der Waals surface area contributed by atoms with Crippen molar-refractivity contribution in [3.05, 3.63) is 23.4 Å². The molecule has 17 heavy (non-hydrogen) atoms. The first-order valence-electron chi connectivity index (χ1n) is 5.73. The molecular weight excluding hydrogens is 223 g/mol. The number of alkyl halides is 1. The van der Waals surface area contributed by atoms with Gasteiger partial charge in [0, 0.05) is 12.7 Å². The molecule has 1 fully saturated rings. The zero-order valence-corrected chi connectivity index (χ0v) is 9.69. The third-order valence-corrected chi connectivity index (χ3v) is 3.04. The van der Waals surface area contributed by atoms with Crippen LogP contribution in [-0.2, 0) is 6.42 Å². The lowest BCUT2D eigenvalue weighted by atomic mass is 10.1. The van der Waals surface area contributed by atoms with E-state index in [4.69, 9.17) is 0 Å². The van der Waals surface area contributed by atoms with Gasteiger partial charge in [0.05, 0.1) is 6.54 Å². The first-order valence-corrected chi connectivity index (χ1v) is 5.73. The minimum Gasteiger partial charge on any atom is -0.478 e. The van der Waals surface area contributed by atoms with Gasteiger partial charge in [-0.15, -0.1) is 0 Å². The van der Waals surface area contributed by atoms with E-state index in [1.807, 2.05) is 6.92 Å². The van der Waals surface area contributed by atoms with Crippen molar-refractivity contribution in [1.29, 1.82) is 0 Å². The predicted molar refractivity (Wildman–Crippen MR) is 62.3 cm³/mol. The molecule has 1 aliphatic heterocycles. The molecule has 0 aromatic carbocycles. The molecule has 1 N–H and O–H groups in total. The summed E-state index contributed by atoms with van der Waals surface area (Å²) in [6.07, 6.45) is 1.77. The summed E-state index contributed by atoms with van der Waals surface area (Å²) in [7, 11) is 0. The van der Waals surface area contributed by atoms with Gasteiger partial charge in [0.2, 0.25) is 0 Å². The van der Waals surface area contributed by atoms with E-state index in [-0.39, 0.29) is 12.1 Å². The van der Waals surface area contributed by atoms with Crippen molar-refractivity contribution in [2.45, 2.75) is 25.9 Å². The largest absolute Gasteiger partial charge is 0.478 e. The number of nitrogens with zero attached hydrogens (tertiary/aromatic N) is 2. The number of hydrogen-bond acceptors (Lipinski definition) is 3. The van der Waals surface area contributed by atoms with Crippen LogP contribution < -0.4 is 4.90 Å². The van der Waals surface area contributed by atoms with E-state index in [0.29, 0.717) is 25.2 Å². The molecule has 1 aromatic heterocycles. The lowest BCUT2D eigenvalue weighted by Crippen LogP contribution is -2.24. The second kappa shape index (κ2) is 4.69. The van der Waals surface area contributed by atoms with Crippen LogP contribution in [0, 0.1) is 0 Å². The van der Waals surface area contributed by atoms with Crippen LogP contribution in [0.1, 0.15) is 29.3 Å². The van der Waals surface area contributed by atoms with Crippen LogP contribution in [-0.4, -0.2) is 35.3 Å². The molecule has 92 valence electrons. The predicted octanol–water partition coefficient (Wildman–Crippen LogP) is 1.89. The van der Waals surface area contributed by atoms with Crippen molar-refractivity contribution in [2.75, 3.05) is 18.0 Å². The summed E-state index contributed by atoms with van der Waals surface area (Å²) in [4.78, 5) is 17.1. The van der Waals surface area contributed by atoms with Crippen LogP contribution in [0.5, 0.6) is 0 Å². The minimum absolute atomic E-state index is 0.212. The molecule has 2 heterocycles. The monoisotopic (exact) mass is 238 g/mol. The Hall–Kier alpha value is -1.65. The number of hydrogen-bond donors (Lipinski definition) is 1. The molecule has 0 unspecified atom stereocenters. The highest BCUT2D eigenvalue weighted by Gasteiger charge is 2.27. The van der Waals surface area contributed by atoms with E-state index in [9.17, 15) is 14.3 Å². The molecule has 1 saturated heterocycles. The summed E-state index contributed by atoms with van der Waals surface area (Å²) in [6, 6.07) is 1.70. The van der Waals surface area contributed by atoms with Crippen molar-refractivity contribution in [3.63, 3.8) is 0 Å². The lowest BCUT2D eigenvalue weighted by Gasteiger charge is -2.19. The molecule has 0 saturated carbocycles. The van der Waals surface area contributed by atoms with E-state index in [2.05, 4.69) is 4.98 Å². The van der Waals surface area contributed by atoms with Gasteiger partial charge in [-0.25, -0.2) is 14.2 Å². The van der Waals surface area contributed by atoms with Gasteiger partial charge in [-0.05, 0) is 24.5 Å². The van der Waals surface area contributed by atoms with Crippen LogP contribution in [0.2, 0.25) is 0 Å². The fourth-order valence-corrected chi connectivity index (χ4v) is 2.17. The standard InChI is InChI=1S/C12H15FN2O2/c1-2-8-3-5-14-11(10(8)12(16)17)15-6-4-9(13)7-15/h3,5,9H,2,4,6-7H2,1H3,(H,16,17)/t9-/m1/s1. The van der Waals surface area contributed by atoms with Crippen molar-refractivity contribution in [3.8, 4) is 0 Å². The molecule has 1 aliphatic rings. The third kappa shape index (κ3) is 2.23. The summed E-state index contributed by atoms with van der Waals surface area (Å²) in [5.41, 5.74) is 0.953. The number of anilines is 1. The summed E-state index contributed by atoms with van der Waals surface area (Å²) in [5, 5.41) is 9.24. The Morgan fingerprint density at radius 2 is 2.47 bits per heavy atom. The molecule has 4 nitrogen and oxygen atoms in total. The van der Waals surface area contributed by atoms with Gasteiger partial charge >= 0.3 is 5.97 Å². The molecule has 1 aromatic rings. The number of rotatable bonds is 3. The smallest absolute Gasteiger partial charge is 0.339 e. The van der Waals surface area contributed by atoms with Crippen LogP contribution >= 0.6 is 0 Å². The van der Waals surface area contributed by atoms with E-state index >= 15 is 0 Å². The number of carboxylic acids is 1. The highest BCUT2D eigenvalue weighted by Crippen LogP contribution is 2.26. The van der Waals surface area contributed by atoms with Crippen molar-refractivity contribution < 1.29 is 14.3 Å². The fraction of sp³-hybridized carbons (Fsp3) is 0.500. The minimum atomic E-state index is -0.993. The van der Waals surface area contributed by atoms with Gasteiger partial charge in [-0.2, -0.15) is 0 Å². The van der Waals surface area contributed by atoms with Crippen LogP contribution in [0.3, 0.4) is 0 Å². The summed E-state index contributed by atoms with van der Waals surface area (Å²) >= 11 is 0. The Bertz CT molecular complexity index is 437. The molecule has 2 rings (SSSR count). The van der Waals surface area contributed by atoms with Gasteiger partial charge in [0.15, 0.2) is 0 Å².